The highest BCUT2D eigenvalue weighted by Crippen LogP contribution is 2.23. The number of hydrogen-bond donors (Lipinski definition) is 1. The van der Waals surface area contributed by atoms with Crippen molar-refractivity contribution in [3.63, 3.8) is 0 Å². The second-order valence-corrected chi connectivity index (χ2v) is 5.35. The van der Waals surface area contributed by atoms with Crippen molar-refractivity contribution >= 4 is 0 Å². The summed E-state index contributed by atoms with van der Waals surface area (Å²) in [5.74, 6) is 2.77. The summed E-state index contributed by atoms with van der Waals surface area (Å²) in [7, 11) is 0. The molecule has 1 unspecified atom stereocenters. The van der Waals surface area contributed by atoms with Gasteiger partial charge in [0.2, 0.25) is 5.89 Å². The van der Waals surface area contributed by atoms with Crippen LogP contribution < -0.4 is 5.32 Å². The molecule has 3 rings (SSSR count). The molecular formula is C13H21N3O2. The predicted octanol–water partition coefficient (Wildman–Crippen LogP) is 1.51. The van der Waals surface area contributed by atoms with E-state index >= 15 is 0 Å². The Balaban J connectivity index is 1.58. The first-order valence-electron chi connectivity index (χ1n) is 7.03. The van der Waals surface area contributed by atoms with Gasteiger partial charge in [-0.1, -0.05) is 5.16 Å². The van der Waals surface area contributed by atoms with E-state index in [1.807, 2.05) is 0 Å². The smallest absolute Gasteiger partial charge is 0.231 e. The van der Waals surface area contributed by atoms with Crippen molar-refractivity contribution in [1.29, 1.82) is 0 Å². The zero-order valence-corrected chi connectivity index (χ0v) is 10.7. The van der Waals surface area contributed by atoms with E-state index in [0.717, 1.165) is 63.7 Å². The molecule has 2 aliphatic rings. The lowest BCUT2D eigenvalue weighted by Gasteiger charge is -2.20. The van der Waals surface area contributed by atoms with Crippen LogP contribution in [-0.4, -0.2) is 36.4 Å². The van der Waals surface area contributed by atoms with E-state index in [1.54, 1.807) is 0 Å². The molecule has 2 saturated heterocycles. The molecule has 0 amide bonds. The quantitative estimate of drug-likeness (QED) is 0.882. The highest BCUT2D eigenvalue weighted by Gasteiger charge is 2.23. The summed E-state index contributed by atoms with van der Waals surface area (Å²) in [5.41, 5.74) is 0. The Labute approximate surface area is 107 Å². The topological polar surface area (TPSA) is 60.2 Å². The first-order valence-corrected chi connectivity index (χ1v) is 7.03. The van der Waals surface area contributed by atoms with Gasteiger partial charge in [0.15, 0.2) is 5.82 Å². The monoisotopic (exact) mass is 251 g/mol. The van der Waals surface area contributed by atoms with E-state index in [9.17, 15) is 0 Å². The number of nitrogens with zero attached hydrogens (tertiary/aromatic N) is 2. The highest BCUT2D eigenvalue weighted by molar-refractivity contribution is 4.97. The highest BCUT2D eigenvalue weighted by atomic mass is 16.5. The lowest BCUT2D eigenvalue weighted by molar-refractivity contribution is 0.0658. The van der Waals surface area contributed by atoms with Gasteiger partial charge in [-0.3, -0.25) is 0 Å². The van der Waals surface area contributed by atoms with E-state index in [-0.39, 0.29) is 0 Å². The third-order valence-corrected chi connectivity index (χ3v) is 3.94. The largest absolute Gasteiger partial charge is 0.381 e. The molecule has 0 aliphatic carbocycles. The number of aromatic nitrogens is 2. The van der Waals surface area contributed by atoms with Crippen molar-refractivity contribution in [2.75, 3.05) is 26.3 Å². The molecule has 2 aliphatic heterocycles. The molecule has 5 heteroatoms. The summed E-state index contributed by atoms with van der Waals surface area (Å²) in [5, 5.41) is 7.51. The molecule has 100 valence electrons. The van der Waals surface area contributed by atoms with Crippen molar-refractivity contribution in [1.82, 2.24) is 15.5 Å². The van der Waals surface area contributed by atoms with Crippen molar-refractivity contribution in [3.05, 3.63) is 11.7 Å². The fraction of sp³-hybridized carbons (Fsp3) is 0.846. The molecule has 0 radical (unpaired) electrons. The molecule has 5 nitrogen and oxygen atoms in total. The predicted molar refractivity (Wildman–Crippen MR) is 66.4 cm³/mol. The van der Waals surface area contributed by atoms with Gasteiger partial charge in [-0.15, -0.1) is 0 Å². The summed E-state index contributed by atoms with van der Waals surface area (Å²) in [6.07, 6.45) is 5.53. The van der Waals surface area contributed by atoms with Crippen LogP contribution in [0.4, 0.5) is 0 Å². The fourth-order valence-electron chi connectivity index (χ4n) is 2.79. The molecule has 1 atom stereocenters. The van der Waals surface area contributed by atoms with Gasteiger partial charge in [-0.05, 0) is 38.1 Å². The van der Waals surface area contributed by atoms with Crippen molar-refractivity contribution < 1.29 is 9.26 Å². The number of ether oxygens (including phenoxy) is 1. The summed E-state index contributed by atoms with van der Waals surface area (Å²) >= 11 is 0. The lowest BCUT2D eigenvalue weighted by Crippen LogP contribution is -2.28. The second kappa shape index (κ2) is 5.80. The van der Waals surface area contributed by atoms with Crippen molar-refractivity contribution in [2.24, 2.45) is 5.92 Å². The van der Waals surface area contributed by atoms with Gasteiger partial charge in [0.25, 0.3) is 0 Å². The van der Waals surface area contributed by atoms with E-state index in [0.29, 0.717) is 11.8 Å². The molecule has 0 aromatic carbocycles. The Bertz CT molecular complexity index is 368. The Kier molecular flexibility index (Phi) is 3.90. The maximum atomic E-state index is 5.41. The van der Waals surface area contributed by atoms with Gasteiger partial charge in [-0.2, -0.15) is 4.98 Å². The molecule has 18 heavy (non-hydrogen) atoms. The number of rotatable bonds is 3. The molecule has 0 bridgehead atoms. The average molecular weight is 251 g/mol. The Hall–Kier alpha value is -0.940. The molecule has 1 aromatic heterocycles. The first-order chi connectivity index (χ1) is 8.92. The third-order valence-electron chi connectivity index (χ3n) is 3.94. The SMILES string of the molecule is C1CNCC(c2nc(CC3CCOCC3)no2)C1. The van der Waals surface area contributed by atoms with Crippen LogP contribution in [0.2, 0.25) is 0 Å². The van der Waals surface area contributed by atoms with E-state index in [4.69, 9.17) is 9.26 Å². The summed E-state index contributed by atoms with van der Waals surface area (Å²) < 4.78 is 10.8. The van der Waals surface area contributed by atoms with Crippen LogP contribution in [0.25, 0.3) is 0 Å². The molecule has 1 aromatic rings. The van der Waals surface area contributed by atoms with Crippen LogP contribution in [0.3, 0.4) is 0 Å². The minimum atomic E-state index is 0.412. The molecular weight excluding hydrogens is 230 g/mol. The zero-order valence-electron chi connectivity index (χ0n) is 10.7. The van der Waals surface area contributed by atoms with Gasteiger partial charge in [0, 0.05) is 26.2 Å². The van der Waals surface area contributed by atoms with E-state index in [1.165, 1.54) is 6.42 Å². The standard InChI is InChI=1S/C13H21N3O2/c1-2-11(9-14-5-1)13-15-12(16-18-13)8-10-3-6-17-7-4-10/h10-11,14H,1-9H2. The maximum absolute atomic E-state index is 5.41. The van der Waals surface area contributed by atoms with Crippen LogP contribution in [0.1, 0.15) is 43.3 Å². The average Bonchev–Trinajstić information content (AvgIpc) is 2.89. The third kappa shape index (κ3) is 2.90. The second-order valence-electron chi connectivity index (χ2n) is 5.35. The van der Waals surface area contributed by atoms with Gasteiger partial charge in [0.05, 0.1) is 5.92 Å². The minimum Gasteiger partial charge on any atom is -0.381 e. The van der Waals surface area contributed by atoms with Crippen LogP contribution in [0.5, 0.6) is 0 Å². The normalized spacial score (nSPS) is 26.3. The van der Waals surface area contributed by atoms with Crippen LogP contribution in [0.15, 0.2) is 4.52 Å². The van der Waals surface area contributed by atoms with Crippen LogP contribution in [0, 0.1) is 5.92 Å². The van der Waals surface area contributed by atoms with Crippen LogP contribution >= 0.6 is 0 Å². The van der Waals surface area contributed by atoms with Crippen LogP contribution in [-0.2, 0) is 11.2 Å². The summed E-state index contributed by atoms with van der Waals surface area (Å²) in [6.45, 7) is 3.84. The molecule has 1 N–H and O–H groups in total. The lowest BCUT2D eigenvalue weighted by atomic mass is 9.96. The Morgan fingerprint density at radius 3 is 2.89 bits per heavy atom. The van der Waals surface area contributed by atoms with Gasteiger partial charge in [-0.25, -0.2) is 0 Å². The summed E-state index contributed by atoms with van der Waals surface area (Å²) in [4.78, 5) is 4.57. The Morgan fingerprint density at radius 2 is 2.11 bits per heavy atom. The molecule has 3 heterocycles. The number of hydrogen-bond acceptors (Lipinski definition) is 5. The number of nitrogens with one attached hydrogen (secondary N) is 1. The van der Waals surface area contributed by atoms with Gasteiger partial charge < -0.3 is 14.6 Å². The first kappa shape index (κ1) is 12.1. The van der Waals surface area contributed by atoms with E-state index < -0.39 is 0 Å². The minimum absolute atomic E-state index is 0.412. The summed E-state index contributed by atoms with van der Waals surface area (Å²) in [6, 6.07) is 0. The molecule has 0 spiro atoms. The molecule has 2 fully saturated rings. The van der Waals surface area contributed by atoms with Crippen molar-refractivity contribution in [3.8, 4) is 0 Å². The number of piperidine rings is 1. The maximum Gasteiger partial charge on any atom is 0.231 e. The van der Waals surface area contributed by atoms with E-state index in [2.05, 4.69) is 15.5 Å². The van der Waals surface area contributed by atoms with Gasteiger partial charge in [0.1, 0.15) is 0 Å². The molecule has 0 saturated carbocycles. The van der Waals surface area contributed by atoms with Gasteiger partial charge >= 0.3 is 0 Å². The Morgan fingerprint density at radius 1 is 1.22 bits per heavy atom. The van der Waals surface area contributed by atoms with Crippen molar-refractivity contribution in [2.45, 2.75) is 38.0 Å². The zero-order chi connectivity index (χ0) is 12.2. The fourth-order valence-corrected chi connectivity index (χ4v) is 2.79.